The van der Waals surface area contributed by atoms with E-state index in [1.165, 1.54) is 0 Å². The fourth-order valence-electron chi connectivity index (χ4n) is 2.03. The lowest BCUT2D eigenvalue weighted by Gasteiger charge is -2.14. The first-order valence-electron chi connectivity index (χ1n) is 6.55. The number of amides is 1. The summed E-state index contributed by atoms with van der Waals surface area (Å²) >= 11 is 0. The number of nitrogens with one attached hydrogen (secondary N) is 3. The molecule has 2 heterocycles. The summed E-state index contributed by atoms with van der Waals surface area (Å²) in [4.78, 5) is 18.2. The Balaban J connectivity index is 1.98. The Kier molecular flexibility index (Phi) is 4.34. The van der Waals surface area contributed by atoms with E-state index in [0.717, 1.165) is 18.7 Å². The lowest BCUT2D eigenvalue weighted by atomic mass is 10.1. The number of rotatable bonds is 4. The van der Waals surface area contributed by atoms with Crippen molar-refractivity contribution in [2.24, 2.45) is 0 Å². The van der Waals surface area contributed by atoms with Gasteiger partial charge in [-0.05, 0) is 25.0 Å². The number of carbonyl (C=O) groups is 1. The maximum atomic E-state index is 12.1. The zero-order valence-electron chi connectivity index (χ0n) is 11.6. The average Bonchev–Trinajstić information content (AvgIpc) is 2.86. The average molecular weight is 263 g/mol. The van der Waals surface area contributed by atoms with Gasteiger partial charge in [0.25, 0.3) is 5.91 Å². The van der Waals surface area contributed by atoms with E-state index in [1.807, 2.05) is 19.0 Å². The number of anilines is 1. The van der Waals surface area contributed by atoms with Crippen molar-refractivity contribution >= 4 is 11.7 Å². The first-order chi connectivity index (χ1) is 9.10. The predicted molar refractivity (Wildman–Crippen MR) is 74.8 cm³/mol. The van der Waals surface area contributed by atoms with E-state index < -0.39 is 0 Å². The van der Waals surface area contributed by atoms with Gasteiger partial charge in [0.1, 0.15) is 5.82 Å². The fourth-order valence-corrected chi connectivity index (χ4v) is 2.03. The Bertz CT molecular complexity index is 448. The van der Waals surface area contributed by atoms with E-state index in [9.17, 15) is 4.79 Å². The van der Waals surface area contributed by atoms with E-state index in [0.29, 0.717) is 11.6 Å². The van der Waals surface area contributed by atoms with Gasteiger partial charge >= 0.3 is 0 Å². The second kappa shape index (κ2) is 5.99. The number of carbonyl (C=O) groups excluding carboxylic acids is 1. The highest BCUT2D eigenvalue weighted by Gasteiger charge is 2.23. The molecule has 0 spiro atoms. The minimum atomic E-state index is -0.0819. The summed E-state index contributed by atoms with van der Waals surface area (Å²) < 4.78 is 0. The molecule has 1 aliphatic rings. The molecule has 0 radical (unpaired) electrons. The summed E-state index contributed by atoms with van der Waals surface area (Å²) in [5.41, 5.74) is 6.87. The maximum absolute atomic E-state index is 12.1. The molecule has 0 saturated carbocycles. The lowest BCUT2D eigenvalue weighted by Crippen LogP contribution is -2.44. The molecule has 1 aromatic rings. The second-order valence-electron chi connectivity index (χ2n) is 4.95. The molecule has 1 fully saturated rings. The zero-order valence-corrected chi connectivity index (χ0v) is 11.6. The summed E-state index contributed by atoms with van der Waals surface area (Å²) in [6.07, 6.45) is 3.57. The van der Waals surface area contributed by atoms with Crippen molar-refractivity contribution in [2.75, 3.05) is 19.0 Å². The van der Waals surface area contributed by atoms with Gasteiger partial charge in [-0.2, -0.15) is 0 Å². The molecule has 2 atom stereocenters. The summed E-state index contributed by atoms with van der Waals surface area (Å²) in [6, 6.07) is 3.93. The van der Waals surface area contributed by atoms with E-state index >= 15 is 0 Å². The first-order valence-corrected chi connectivity index (χ1v) is 6.55. The smallest absolute Gasteiger partial charge is 0.252 e. The number of hydrogen-bond donors (Lipinski definition) is 3. The van der Waals surface area contributed by atoms with Crippen molar-refractivity contribution in [3.8, 4) is 0 Å². The van der Waals surface area contributed by atoms with Gasteiger partial charge in [-0.15, -0.1) is 0 Å². The standard InChI is InChI=1S/C13H21N5O/c1-4-10-8-11(17-16-10)15-13(19)9-5-6-14-12(7-9)18(2)3/h5-7,10-11,16-17H,4,8H2,1-3H3,(H,15,19). The highest BCUT2D eigenvalue weighted by atomic mass is 16.1. The van der Waals surface area contributed by atoms with Crippen LogP contribution in [0.25, 0.3) is 0 Å². The van der Waals surface area contributed by atoms with Crippen LogP contribution in [-0.2, 0) is 0 Å². The van der Waals surface area contributed by atoms with Crippen LogP contribution in [0.15, 0.2) is 18.3 Å². The van der Waals surface area contributed by atoms with Crippen LogP contribution in [-0.4, -0.2) is 37.2 Å². The van der Waals surface area contributed by atoms with Gasteiger partial charge in [0.2, 0.25) is 0 Å². The Labute approximate surface area is 113 Å². The number of pyridine rings is 1. The molecule has 104 valence electrons. The Hall–Kier alpha value is -1.66. The van der Waals surface area contributed by atoms with Gasteiger partial charge in [-0.3, -0.25) is 10.2 Å². The van der Waals surface area contributed by atoms with Crippen LogP contribution >= 0.6 is 0 Å². The van der Waals surface area contributed by atoms with E-state index in [4.69, 9.17) is 0 Å². The minimum absolute atomic E-state index is 0.0200. The number of nitrogens with zero attached hydrogens (tertiary/aromatic N) is 2. The van der Waals surface area contributed by atoms with Crippen LogP contribution in [0.2, 0.25) is 0 Å². The van der Waals surface area contributed by atoms with Crippen molar-refractivity contribution in [2.45, 2.75) is 32.0 Å². The quantitative estimate of drug-likeness (QED) is 0.737. The third-order valence-corrected chi connectivity index (χ3v) is 3.25. The Morgan fingerprint density at radius 2 is 2.32 bits per heavy atom. The highest BCUT2D eigenvalue weighted by Crippen LogP contribution is 2.11. The minimum Gasteiger partial charge on any atom is -0.363 e. The van der Waals surface area contributed by atoms with Gasteiger partial charge in [0, 0.05) is 31.9 Å². The van der Waals surface area contributed by atoms with E-state index in [2.05, 4.69) is 28.1 Å². The SMILES string of the molecule is CCC1CC(NC(=O)c2ccnc(N(C)C)c2)NN1. The molecule has 2 unspecified atom stereocenters. The van der Waals surface area contributed by atoms with Gasteiger partial charge in [0.15, 0.2) is 0 Å². The molecule has 0 bridgehead atoms. The van der Waals surface area contributed by atoms with E-state index in [-0.39, 0.29) is 12.1 Å². The molecule has 1 aromatic heterocycles. The molecule has 0 aromatic carbocycles. The summed E-state index contributed by atoms with van der Waals surface area (Å²) in [7, 11) is 3.80. The van der Waals surface area contributed by atoms with Crippen LogP contribution in [0.4, 0.5) is 5.82 Å². The molecule has 1 saturated heterocycles. The molecular formula is C13H21N5O. The first kappa shape index (κ1) is 13.8. The van der Waals surface area contributed by atoms with Crippen LogP contribution in [0.3, 0.4) is 0 Å². The predicted octanol–water partition coefficient (Wildman–Crippen LogP) is 0.480. The maximum Gasteiger partial charge on any atom is 0.252 e. The molecule has 6 heteroatoms. The summed E-state index contributed by atoms with van der Waals surface area (Å²) in [5.74, 6) is 0.693. The normalized spacial score (nSPS) is 22.3. The van der Waals surface area contributed by atoms with Crippen molar-refractivity contribution in [3.05, 3.63) is 23.9 Å². The van der Waals surface area contributed by atoms with Gasteiger partial charge in [0.05, 0.1) is 6.17 Å². The number of hydrogen-bond acceptors (Lipinski definition) is 5. The Morgan fingerprint density at radius 3 is 2.95 bits per heavy atom. The van der Waals surface area contributed by atoms with Crippen LogP contribution in [0.1, 0.15) is 30.1 Å². The molecule has 19 heavy (non-hydrogen) atoms. The Morgan fingerprint density at radius 1 is 1.53 bits per heavy atom. The second-order valence-corrected chi connectivity index (χ2v) is 4.95. The van der Waals surface area contributed by atoms with Crippen LogP contribution < -0.4 is 21.1 Å². The molecule has 3 N–H and O–H groups in total. The molecule has 0 aliphatic carbocycles. The van der Waals surface area contributed by atoms with Crippen LogP contribution in [0, 0.1) is 0 Å². The zero-order chi connectivity index (χ0) is 13.8. The fraction of sp³-hybridized carbons (Fsp3) is 0.538. The molecule has 6 nitrogen and oxygen atoms in total. The monoisotopic (exact) mass is 263 g/mol. The van der Waals surface area contributed by atoms with Crippen molar-refractivity contribution < 1.29 is 4.79 Å². The summed E-state index contributed by atoms with van der Waals surface area (Å²) in [6.45, 7) is 2.12. The topological polar surface area (TPSA) is 69.3 Å². The van der Waals surface area contributed by atoms with E-state index in [1.54, 1.807) is 18.3 Å². The lowest BCUT2D eigenvalue weighted by molar-refractivity contribution is 0.0932. The third-order valence-electron chi connectivity index (χ3n) is 3.25. The van der Waals surface area contributed by atoms with Crippen molar-refractivity contribution in [3.63, 3.8) is 0 Å². The highest BCUT2D eigenvalue weighted by molar-refractivity contribution is 5.95. The molecule has 1 aliphatic heterocycles. The molecular weight excluding hydrogens is 242 g/mol. The van der Waals surface area contributed by atoms with Crippen molar-refractivity contribution in [1.29, 1.82) is 0 Å². The largest absolute Gasteiger partial charge is 0.363 e. The van der Waals surface area contributed by atoms with Crippen molar-refractivity contribution in [1.82, 2.24) is 21.2 Å². The molecule has 2 rings (SSSR count). The van der Waals surface area contributed by atoms with Gasteiger partial charge < -0.3 is 10.2 Å². The molecule has 1 amide bonds. The van der Waals surface area contributed by atoms with Gasteiger partial charge in [-0.25, -0.2) is 10.4 Å². The summed E-state index contributed by atoms with van der Waals surface area (Å²) in [5, 5.41) is 2.97. The number of aromatic nitrogens is 1. The van der Waals surface area contributed by atoms with Crippen LogP contribution in [0.5, 0.6) is 0 Å². The number of hydrazine groups is 1. The van der Waals surface area contributed by atoms with Gasteiger partial charge in [-0.1, -0.05) is 6.92 Å². The third kappa shape index (κ3) is 3.42.